The molecule has 2 heterocycles. The van der Waals surface area contributed by atoms with Crippen molar-refractivity contribution in [2.75, 3.05) is 25.6 Å². The molecule has 1 N–H and O–H groups in total. The van der Waals surface area contributed by atoms with Crippen molar-refractivity contribution in [3.05, 3.63) is 41.3 Å². The van der Waals surface area contributed by atoms with Gasteiger partial charge in [0.2, 0.25) is 0 Å². The van der Waals surface area contributed by atoms with Crippen LogP contribution in [0.25, 0.3) is 16.7 Å². The summed E-state index contributed by atoms with van der Waals surface area (Å²) < 4.78 is 6.84. The Kier molecular flexibility index (Phi) is 4.73. The number of hydrogen-bond acceptors (Lipinski definition) is 5. The molecule has 120 valence electrons. The average Bonchev–Trinajstić information content (AvgIpc) is 2.98. The first-order valence-corrected chi connectivity index (χ1v) is 7.76. The Morgan fingerprint density at radius 2 is 2.17 bits per heavy atom. The van der Waals surface area contributed by atoms with Crippen LogP contribution >= 0.6 is 11.6 Å². The van der Waals surface area contributed by atoms with Crippen molar-refractivity contribution < 1.29 is 4.74 Å². The van der Waals surface area contributed by atoms with Gasteiger partial charge in [0.1, 0.15) is 12.1 Å². The van der Waals surface area contributed by atoms with Crippen molar-refractivity contribution in [3.8, 4) is 5.69 Å². The summed E-state index contributed by atoms with van der Waals surface area (Å²) in [6.45, 7) is 3.51. The van der Waals surface area contributed by atoms with Crippen LogP contribution in [0, 0.1) is 6.92 Å². The molecule has 3 rings (SSSR count). The molecule has 0 bridgehead atoms. The zero-order chi connectivity index (χ0) is 16.2. The van der Waals surface area contributed by atoms with E-state index >= 15 is 0 Å². The topological polar surface area (TPSA) is 64.9 Å². The summed E-state index contributed by atoms with van der Waals surface area (Å²) in [5.74, 6) is 0.775. The molecular weight excluding hydrogens is 314 g/mol. The van der Waals surface area contributed by atoms with Crippen LogP contribution < -0.4 is 5.32 Å². The first-order chi connectivity index (χ1) is 11.2. The number of nitrogens with zero attached hydrogens (tertiary/aromatic N) is 4. The average molecular weight is 332 g/mol. The van der Waals surface area contributed by atoms with Crippen LogP contribution in [0.15, 0.2) is 30.7 Å². The quantitative estimate of drug-likeness (QED) is 0.702. The molecule has 0 saturated heterocycles. The second kappa shape index (κ2) is 6.93. The summed E-state index contributed by atoms with van der Waals surface area (Å²) in [7, 11) is 1.69. The lowest BCUT2D eigenvalue weighted by Gasteiger charge is -2.08. The third kappa shape index (κ3) is 3.28. The van der Waals surface area contributed by atoms with Crippen LogP contribution in [0.5, 0.6) is 0 Å². The summed E-state index contributed by atoms with van der Waals surface area (Å²) in [4.78, 5) is 8.68. The fourth-order valence-electron chi connectivity index (χ4n) is 2.40. The van der Waals surface area contributed by atoms with Crippen LogP contribution in [0.2, 0.25) is 5.02 Å². The van der Waals surface area contributed by atoms with Crippen LogP contribution in [-0.2, 0) is 4.74 Å². The van der Waals surface area contributed by atoms with Crippen molar-refractivity contribution in [2.24, 2.45) is 0 Å². The van der Waals surface area contributed by atoms with E-state index in [1.54, 1.807) is 24.3 Å². The van der Waals surface area contributed by atoms with Crippen molar-refractivity contribution in [3.63, 3.8) is 0 Å². The first kappa shape index (κ1) is 15.7. The number of benzene rings is 1. The van der Waals surface area contributed by atoms with Gasteiger partial charge < -0.3 is 10.1 Å². The van der Waals surface area contributed by atoms with E-state index in [1.165, 1.54) is 0 Å². The van der Waals surface area contributed by atoms with E-state index in [9.17, 15) is 0 Å². The number of nitrogens with one attached hydrogen (secondary N) is 1. The Morgan fingerprint density at radius 1 is 1.30 bits per heavy atom. The molecule has 0 aliphatic rings. The molecule has 0 saturated carbocycles. The largest absolute Gasteiger partial charge is 0.385 e. The van der Waals surface area contributed by atoms with Gasteiger partial charge in [0, 0.05) is 25.3 Å². The van der Waals surface area contributed by atoms with Crippen molar-refractivity contribution >= 4 is 28.5 Å². The third-order valence-corrected chi connectivity index (χ3v) is 3.82. The normalized spacial score (nSPS) is 11.1. The maximum Gasteiger partial charge on any atom is 0.168 e. The number of ether oxygens (including phenoxy) is 1. The molecule has 1 aromatic carbocycles. The molecular formula is C16H18ClN5O. The maximum atomic E-state index is 6.12. The predicted octanol–water partition coefficient (Wildman–Crippen LogP) is 3.23. The smallest absolute Gasteiger partial charge is 0.168 e. The lowest BCUT2D eigenvalue weighted by atomic mass is 10.2. The Labute approximate surface area is 139 Å². The molecule has 6 nitrogen and oxygen atoms in total. The van der Waals surface area contributed by atoms with Gasteiger partial charge in [0.25, 0.3) is 0 Å². The Balaban J connectivity index is 1.96. The molecule has 0 radical (unpaired) electrons. The minimum absolute atomic E-state index is 0.668. The van der Waals surface area contributed by atoms with Gasteiger partial charge in [0.05, 0.1) is 17.3 Å². The standard InChI is InChI=1S/C16H18ClN5O/c1-11-4-5-12(17)8-14(11)22-16-13(9-21-22)15(19-10-20-16)18-6-3-7-23-2/h4-5,8-10H,3,6-7H2,1-2H3,(H,18,19,20). The van der Waals surface area contributed by atoms with Crippen molar-refractivity contribution in [1.82, 2.24) is 19.7 Å². The number of aryl methyl sites for hydroxylation is 1. The fourth-order valence-corrected chi connectivity index (χ4v) is 2.56. The van der Waals surface area contributed by atoms with Crippen LogP contribution in [0.3, 0.4) is 0 Å². The van der Waals surface area contributed by atoms with E-state index in [2.05, 4.69) is 20.4 Å². The number of methoxy groups -OCH3 is 1. The van der Waals surface area contributed by atoms with E-state index in [0.29, 0.717) is 11.6 Å². The van der Waals surface area contributed by atoms with Gasteiger partial charge in [-0.2, -0.15) is 5.10 Å². The van der Waals surface area contributed by atoms with Crippen molar-refractivity contribution in [2.45, 2.75) is 13.3 Å². The maximum absolute atomic E-state index is 6.12. The number of hydrogen-bond donors (Lipinski definition) is 1. The zero-order valence-electron chi connectivity index (χ0n) is 13.1. The second-order valence-electron chi connectivity index (χ2n) is 5.22. The number of rotatable bonds is 6. The minimum atomic E-state index is 0.668. The highest BCUT2D eigenvalue weighted by molar-refractivity contribution is 6.30. The molecule has 0 fully saturated rings. The minimum Gasteiger partial charge on any atom is -0.385 e. The number of anilines is 1. The monoisotopic (exact) mass is 331 g/mol. The van der Waals surface area contributed by atoms with Gasteiger partial charge in [0.15, 0.2) is 5.65 Å². The molecule has 0 aliphatic heterocycles. The molecule has 3 aromatic rings. The van der Waals surface area contributed by atoms with E-state index in [4.69, 9.17) is 16.3 Å². The van der Waals surface area contributed by atoms with Gasteiger partial charge in [-0.15, -0.1) is 0 Å². The summed E-state index contributed by atoms with van der Waals surface area (Å²) >= 11 is 6.12. The Morgan fingerprint density at radius 3 is 3.00 bits per heavy atom. The van der Waals surface area contributed by atoms with Gasteiger partial charge in [-0.05, 0) is 31.0 Å². The lowest BCUT2D eigenvalue weighted by molar-refractivity contribution is 0.198. The third-order valence-electron chi connectivity index (χ3n) is 3.58. The first-order valence-electron chi connectivity index (χ1n) is 7.39. The highest BCUT2D eigenvalue weighted by atomic mass is 35.5. The second-order valence-corrected chi connectivity index (χ2v) is 5.66. The van der Waals surface area contributed by atoms with E-state index in [0.717, 1.165) is 41.1 Å². The van der Waals surface area contributed by atoms with E-state index in [-0.39, 0.29) is 0 Å². The van der Waals surface area contributed by atoms with Crippen LogP contribution in [0.4, 0.5) is 5.82 Å². The molecule has 0 aliphatic carbocycles. The summed E-state index contributed by atoms with van der Waals surface area (Å²) in [6.07, 6.45) is 4.22. The van der Waals surface area contributed by atoms with Crippen LogP contribution in [-0.4, -0.2) is 40.0 Å². The highest BCUT2D eigenvalue weighted by Crippen LogP contribution is 2.25. The highest BCUT2D eigenvalue weighted by Gasteiger charge is 2.12. The predicted molar refractivity (Wildman–Crippen MR) is 91.4 cm³/mol. The summed E-state index contributed by atoms with van der Waals surface area (Å²) in [6, 6.07) is 5.72. The van der Waals surface area contributed by atoms with Crippen LogP contribution in [0.1, 0.15) is 12.0 Å². The van der Waals surface area contributed by atoms with Gasteiger partial charge in [-0.3, -0.25) is 0 Å². The van der Waals surface area contributed by atoms with Gasteiger partial charge in [-0.25, -0.2) is 14.6 Å². The van der Waals surface area contributed by atoms with Gasteiger partial charge in [-0.1, -0.05) is 17.7 Å². The zero-order valence-corrected chi connectivity index (χ0v) is 13.8. The fraction of sp³-hybridized carbons (Fsp3) is 0.312. The summed E-state index contributed by atoms with van der Waals surface area (Å²) in [5, 5.41) is 9.31. The lowest BCUT2D eigenvalue weighted by Crippen LogP contribution is -2.07. The SMILES string of the molecule is COCCCNc1ncnc2c1cnn2-c1cc(Cl)ccc1C. The Hall–Kier alpha value is -2.18. The number of halogens is 1. The van der Waals surface area contributed by atoms with Gasteiger partial charge >= 0.3 is 0 Å². The van der Waals surface area contributed by atoms with E-state index in [1.807, 2.05) is 25.1 Å². The summed E-state index contributed by atoms with van der Waals surface area (Å²) in [5.41, 5.74) is 2.74. The Bertz CT molecular complexity index is 817. The van der Waals surface area contributed by atoms with E-state index < -0.39 is 0 Å². The number of aromatic nitrogens is 4. The molecule has 7 heteroatoms. The molecule has 0 atom stereocenters. The molecule has 23 heavy (non-hydrogen) atoms. The molecule has 0 spiro atoms. The van der Waals surface area contributed by atoms with Crippen molar-refractivity contribution in [1.29, 1.82) is 0 Å². The number of fused-ring (bicyclic) bond motifs is 1. The molecule has 0 amide bonds. The molecule has 2 aromatic heterocycles. The molecule has 0 unspecified atom stereocenters.